The van der Waals surface area contributed by atoms with Gasteiger partial charge in [0.25, 0.3) is 0 Å². The number of carbonyl (C=O) groups is 1. The third-order valence-electron chi connectivity index (χ3n) is 3.11. The van der Waals surface area contributed by atoms with Gasteiger partial charge in [-0.2, -0.15) is 5.10 Å². The first-order valence-corrected chi connectivity index (χ1v) is 7.73. The van der Waals surface area contributed by atoms with E-state index in [-0.39, 0.29) is 12.3 Å². The fourth-order valence-electron chi connectivity index (χ4n) is 2.02. The molecule has 0 bridgehead atoms. The van der Waals surface area contributed by atoms with E-state index in [4.69, 9.17) is 4.42 Å². The number of para-hydroxylation sites is 1. The van der Waals surface area contributed by atoms with Crippen LogP contribution in [0, 0.1) is 6.92 Å². The molecule has 1 N–H and O–H groups in total. The molecule has 0 radical (unpaired) electrons. The first-order chi connectivity index (χ1) is 10.6. The molecule has 2 heterocycles. The van der Waals surface area contributed by atoms with Crippen molar-refractivity contribution in [1.29, 1.82) is 0 Å². The molecule has 0 aliphatic rings. The van der Waals surface area contributed by atoms with E-state index in [1.54, 1.807) is 6.92 Å². The summed E-state index contributed by atoms with van der Waals surface area (Å²) >= 11 is 1.47. The first kappa shape index (κ1) is 14.5. The quantitative estimate of drug-likeness (QED) is 0.593. The van der Waals surface area contributed by atoms with Gasteiger partial charge in [-0.25, -0.2) is 10.4 Å². The molecule has 1 amide bonds. The van der Waals surface area contributed by atoms with Crippen LogP contribution < -0.4 is 5.43 Å². The predicted molar refractivity (Wildman–Crippen MR) is 87.1 cm³/mol. The summed E-state index contributed by atoms with van der Waals surface area (Å²) in [5, 5.41) is 7.81. The molecule has 1 aromatic carbocycles. The Hall–Kier alpha value is -2.47. The maximum Gasteiger partial charge on any atom is 0.246 e. The summed E-state index contributed by atoms with van der Waals surface area (Å²) in [5.74, 6) is 0.455. The van der Waals surface area contributed by atoms with Crippen LogP contribution in [0.5, 0.6) is 0 Å². The van der Waals surface area contributed by atoms with E-state index < -0.39 is 0 Å². The number of fused-ring (bicyclic) bond motifs is 1. The Labute approximate surface area is 131 Å². The third-order valence-corrected chi connectivity index (χ3v) is 4.08. The third kappa shape index (κ3) is 3.23. The van der Waals surface area contributed by atoms with Gasteiger partial charge in [0, 0.05) is 16.5 Å². The standard InChI is InChI=1S/C16H15N3O2S/c1-10-9-22-16(17-10)8-15(20)19-18-11(2)14-7-12-5-3-4-6-13(12)21-14/h3-7,9H,8H2,1-2H3,(H,19,20)/b18-11-. The summed E-state index contributed by atoms with van der Waals surface area (Å²) in [7, 11) is 0. The minimum absolute atomic E-state index is 0.190. The van der Waals surface area contributed by atoms with Crippen molar-refractivity contribution >= 4 is 33.9 Å². The zero-order valence-electron chi connectivity index (χ0n) is 12.3. The van der Waals surface area contributed by atoms with Gasteiger partial charge in [-0.3, -0.25) is 4.79 Å². The average Bonchev–Trinajstić information content (AvgIpc) is 3.10. The van der Waals surface area contributed by atoms with Crippen LogP contribution in [-0.2, 0) is 11.2 Å². The highest BCUT2D eigenvalue weighted by molar-refractivity contribution is 7.09. The van der Waals surface area contributed by atoms with E-state index in [9.17, 15) is 4.79 Å². The second-order valence-electron chi connectivity index (χ2n) is 4.94. The van der Waals surface area contributed by atoms with E-state index in [0.717, 1.165) is 21.7 Å². The number of furan rings is 1. The molecular formula is C16H15N3O2S. The second-order valence-corrected chi connectivity index (χ2v) is 5.88. The summed E-state index contributed by atoms with van der Waals surface area (Å²) in [6.07, 6.45) is 0.232. The van der Waals surface area contributed by atoms with Gasteiger partial charge in [-0.05, 0) is 26.0 Å². The van der Waals surface area contributed by atoms with Crippen LogP contribution in [0.15, 0.2) is 45.2 Å². The molecule has 112 valence electrons. The van der Waals surface area contributed by atoms with Gasteiger partial charge in [0.2, 0.25) is 5.91 Å². The molecule has 3 rings (SSSR count). The fraction of sp³-hybridized carbons (Fsp3) is 0.188. The number of hydrazone groups is 1. The summed E-state index contributed by atoms with van der Waals surface area (Å²) in [4.78, 5) is 16.1. The minimum atomic E-state index is -0.190. The van der Waals surface area contributed by atoms with E-state index in [0.29, 0.717) is 11.5 Å². The van der Waals surface area contributed by atoms with Crippen molar-refractivity contribution in [1.82, 2.24) is 10.4 Å². The van der Waals surface area contributed by atoms with Crippen LogP contribution in [0.3, 0.4) is 0 Å². The summed E-state index contributed by atoms with van der Waals surface area (Å²) < 4.78 is 5.69. The van der Waals surface area contributed by atoms with Crippen LogP contribution in [0.25, 0.3) is 11.0 Å². The first-order valence-electron chi connectivity index (χ1n) is 6.85. The average molecular weight is 313 g/mol. The largest absolute Gasteiger partial charge is 0.455 e. The predicted octanol–water partition coefficient (Wildman–Crippen LogP) is 3.28. The molecule has 2 aromatic heterocycles. The van der Waals surface area contributed by atoms with Crippen molar-refractivity contribution in [3.05, 3.63) is 52.2 Å². The van der Waals surface area contributed by atoms with Gasteiger partial charge < -0.3 is 4.42 Å². The van der Waals surface area contributed by atoms with Crippen LogP contribution in [0.4, 0.5) is 0 Å². The molecule has 6 heteroatoms. The van der Waals surface area contributed by atoms with Gasteiger partial charge >= 0.3 is 0 Å². The van der Waals surface area contributed by atoms with Crippen molar-refractivity contribution in [2.24, 2.45) is 5.10 Å². The van der Waals surface area contributed by atoms with Crippen molar-refractivity contribution in [3.63, 3.8) is 0 Å². The Bertz CT molecular complexity index is 815. The molecule has 0 aliphatic carbocycles. The molecule has 22 heavy (non-hydrogen) atoms. The van der Waals surface area contributed by atoms with Gasteiger partial charge in [0.1, 0.15) is 16.3 Å². The highest BCUT2D eigenvalue weighted by atomic mass is 32.1. The number of amides is 1. The molecule has 0 saturated heterocycles. The number of nitrogens with zero attached hydrogens (tertiary/aromatic N) is 2. The molecule has 0 spiro atoms. The number of hydrogen-bond donors (Lipinski definition) is 1. The molecule has 5 nitrogen and oxygen atoms in total. The number of nitrogens with one attached hydrogen (secondary N) is 1. The topological polar surface area (TPSA) is 67.5 Å². The lowest BCUT2D eigenvalue weighted by molar-refractivity contribution is -0.120. The van der Waals surface area contributed by atoms with Gasteiger partial charge in [0.15, 0.2) is 5.76 Å². The van der Waals surface area contributed by atoms with Crippen molar-refractivity contribution in [2.75, 3.05) is 0 Å². The SMILES string of the molecule is C/C(=N/NC(=O)Cc1nc(C)cs1)c1cc2ccccc2o1. The molecule has 0 unspecified atom stereocenters. The lowest BCUT2D eigenvalue weighted by Gasteiger charge is -1.99. The van der Waals surface area contributed by atoms with Crippen molar-refractivity contribution in [2.45, 2.75) is 20.3 Å². The van der Waals surface area contributed by atoms with Gasteiger partial charge in [0.05, 0.1) is 6.42 Å². The number of hydrogen-bond acceptors (Lipinski definition) is 5. The molecule has 0 saturated carbocycles. The molecule has 0 fully saturated rings. The van der Waals surface area contributed by atoms with E-state index in [1.165, 1.54) is 11.3 Å². The van der Waals surface area contributed by atoms with Gasteiger partial charge in [-0.1, -0.05) is 18.2 Å². The van der Waals surface area contributed by atoms with Crippen molar-refractivity contribution < 1.29 is 9.21 Å². The smallest absolute Gasteiger partial charge is 0.246 e. The Morgan fingerprint density at radius 3 is 2.95 bits per heavy atom. The summed E-state index contributed by atoms with van der Waals surface area (Å²) in [5.41, 5.74) is 4.89. The fourth-order valence-corrected chi connectivity index (χ4v) is 2.79. The van der Waals surface area contributed by atoms with E-state index in [2.05, 4.69) is 15.5 Å². The number of aryl methyl sites for hydroxylation is 1. The molecular weight excluding hydrogens is 298 g/mol. The van der Waals surface area contributed by atoms with Crippen LogP contribution >= 0.6 is 11.3 Å². The number of thiazole rings is 1. The number of aromatic nitrogens is 1. The normalized spacial score (nSPS) is 11.8. The van der Waals surface area contributed by atoms with E-state index in [1.807, 2.05) is 42.6 Å². The lowest BCUT2D eigenvalue weighted by Crippen LogP contribution is -2.21. The zero-order chi connectivity index (χ0) is 15.5. The van der Waals surface area contributed by atoms with E-state index >= 15 is 0 Å². The Morgan fingerprint density at radius 2 is 2.23 bits per heavy atom. The highest BCUT2D eigenvalue weighted by Gasteiger charge is 2.08. The second kappa shape index (κ2) is 6.11. The number of carbonyl (C=O) groups excluding carboxylic acids is 1. The number of rotatable bonds is 4. The van der Waals surface area contributed by atoms with Crippen LogP contribution in [0.1, 0.15) is 23.4 Å². The lowest BCUT2D eigenvalue weighted by atomic mass is 10.2. The Kier molecular flexibility index (Phi) is 4.02. The minimum Gasteiger partial charge on any atom is -0.455 e. The number of benzene rings is 1. The Balaban J connectivity index is 1.67. The Morgan fingerprint density at radius 1 is 1.41 bits per heavy atom. The summed E-state index contributed by atoms with van der Waals surface area (Å²) in [6, 6.07) is 9.64. The summed E-state index contributed by atoms with van der Waals surface area (Å²) in [6.45, 7) is 3.70. The molecule has 3 aromatic rings. The maximum absolute atomic E-state index is 11.8. The van der Waals surface area contributed by atoms with Gasteiger partial charge in [-0.15, -0.1) is 11.3 Å². The highest BCUT2D eigenvalue weighted by Crippen LogP contribution is 2.19. The molecule has 0 aliphatic heterocycles. The zero-order valence-corrected chi connectivity index (χ0v) is 13.1. The maximum atomic E-state index is 11.8. The van der Waals surface area contributed by atoms with Crippen molar-refractivity contribution in [3.8, 4) is 0 Å². The monoisotopic (exact) mass is 313 g/mol. The van der Waals surface area contributed by atoms with Crippen LogP contribution in [-0.4, -0.2) is 16.6 Å². The molecule has 0 atom stereocenters. The van der Waals surface area contributed by atoms with Crippen LogP contribution in [0.2, 0.25) is 0 Å².